The Morgan fingerprint density at radius 3 is 2.39 bits per heavy atom. The first kappa shape index (κ1) is 14.3. The molecule has 2 aliphatic rings. The van der Waals surface area contributed by atoms with Gasteiger partial charge in [-0.15, -0.1) is 0 Å². The first-order valence-corrected chi connectivity index (χ1v) is 7.64. The predicted molar refractivity (Wildman–Crippen MR) is 75.7 cm³/mol. The largest absolute Gasteiger partial charge is 0.392 e. The van der Waals surface area contributed by atoms with Crippen LogP contribution in [0.25, 0.3) is 0 Å². The predicted octanol–water partition coefficient (Wildman–Crippen LogP) is 1.81. The number of β-amino-alcohol motifs (C(OH)–C–C–N with tert-alkyl or cyclic N) is 1. The van der Waals surface area contributed by atoms with Crippen molar-refractivity contribution in [2.24, 2.45) is 11.8 Å². The lowest BCUT2D eigenvalue weighted by Crippen LogP contribution is -2.38. The van der Waals surface area contributed by atoms with E-state index in [1.54, 1.807) is 0 Å². The number of likely N-dealkylation sites (N-methyl/N-ethyl adjacent to an activating group) is 1. The molecule has 3 unspecified atom stereocenters. The van der Waals surface area contributed by atoms with Crippen LogP contribution in [0.1, 0.15) is 39.0 Å². The lowest BCUT2D eigenvalue weighted by Gasteiger charge is -2.29. The Labute approximate surface area is 112 Å². The zero-order valence-corrected chi connectivity index (χ0v) is 12.3. The maximum Gasteiger partial charge on any atom is 0.0695 e. The normalized spacial score (nSPS) is 33.2. The van der Waals surface area contributed by atoms with Gasteiger partial charge in [-0.05, 0) is 38.8 Å². The molecule has 0 aromatic rings. The third-order valence-electron chi connectivity index (χ3n) is 4.95. The van der Waals surface area contributed by atoms with Crippen LogP contribution < -0.4 is 0 Å². The SMILES string of the molecule is CC1CN(CC(O)C2CCCCC2)CC1N(C)C. The van der Waals surface area contributed by atoms with Crippen molar-refractivity contribution in [2.75, 3.05) is 33.7 Å². The summed E-state index contributed by atoms with van der Waals surface area (Å²) in [5.74, 6) is 1.28. The molecule has 0 amide bonds. The molecule has 3 heteroatoms. The van der Waals surface area contributed by atoms with Gasteiger partial charge >= 0.3 is 0 Å². The molecular weight excluding hydrogens is 224 g/mol. The molecule has 2 rings (SSSR count). The van der Waals surface area contributed by atoms with Gasteiger partial charge in [0.05, 0.1) is 6.10 Å². The van der Waals surface area contributed by atoms with Gasteiger partial charge in [-0.3, -0.25) is 4.90 Å². The second-order valence-corrected chi connectivity index (χ2v) is 6.69. The lowest BCUT2D eigenvalue weighted by molar-refractivity contribution is 0.0525. The molecule has 1 saturated carbocycles. The van der Waals surface area contributed by atoms with Crippen LogP contribution in [-0.2, 0) is 0 Å². The zero-order valence-electron chi connectivity index (χ0n) is 12.3. The van der Waals surface area contributed by atoms with Crippen LogP contribution in [0.15, 0.2) is 0 Å². The van der Waals surface area contributed by atoms with E-state index in [1.165, 1.54) is 32.1 Å². The number of hydrogen-bond donors (Lipinski definition) is 1. The minimum atomic E-state index is -0.0987. The number of rotatable bonds is 4. The molecular formula is C15H30N2O. The molecule has 0 bridgehead atoms. The molecule has 1 heterocycles. The van der Waals surface area contributed by atoms with E-state index in [4.69, 9.17) is 0 Å². The first-order valence-electron chi connectivity index (χ1n) is 7.64. The molecule has 18 heavy (non-hydrogen) atoms. The maximum absolute atomic E-state index is 10.4. The Hall–Kier alpha value is -0.120. The van der Waals surface area contributed by atoms with Crippen molar-refractivity contribution < 1.29 is 5.11 Å². The molecule has 1 aliphatic carbocycles. The Morgan fingerprint density at radius 2 is 1.83 bits per heavy atom. The van der Waals surface area contributed by atoms with Crippen LogP contribution in [0.5, 0.6) is 0 Å². The zero-order chi connectivity index (χ0) is 13.1. The van der Waals surface area contributed by atoms with Crippen LogP contribution in [-0.4, -0.2) is 60.8 Å². The summed E-state index contributed by atoms with van der Waals surface area (Å²) in [6.07, 6.45) is 6.38. The minimum absolute atomic E-state index is 0.0987. The standard InChI is InChI=1S/C15H30N2O/c1-12-9-17(10-14(12)16(2)3)11-15(18)13-7-5-4-6-8-13/h12-15,18H,4-11H2,1-3H3. The second-order valence-electron chi connectivity index (χ2n) is 6.69. The molecule has 0 aromatic carbocycles. The molecule has 1 saturated heterocycles. The highest BCUT2D eigenvalue weighted by molar-refractivity contribution is 4.88. The van der Waals surface area contributed by atoms with Crippen molar-refractivity contribution in [1.82, 2.24) is 9.80 Å². The summed E-state index contributed by atoms with van der Waals surface area (Å²) in [5, 5.41) is 10.4. The summed E-state index contributed by atoms with van der Waals surface area (Å²) < 4.78 is 0. The van der Waals surface area contributed by atoms with Crippen LogP contribution in [0.4, 0.5) is 0 Å². The fraction of sp³-hybridized carbons (Fsp3) is 1.00. The average Bonchev–Trinajstić information content (AvgIpc) is 2.71. The molecule has 0 aromatic heterocycles. The summed E-state index contributed by atoms with van der Waals surface area (Å²) in [4.78, 5) is 4.80. The van der Waals surface area contributed by atoms with E-state index in [1.807, 2.05) is 0 Å². The second kappa shape index (κ2) is 6.36. The molecule has 1 N–H and O–H groups in total. The molecule has 0 radical (unpaired) electrons. The number of hydrogen-bond acceptors (Lipinski definition) is 3. The molecule has 0 spiro atoms. The number of aliphatic hydroxyl groups is 1. The smallest absolute Gasteiger partial charge is 0.0695 e. The molecule has 2 fully saturated rings. The Kier molecular flexibility index (Phi) is 5.05. The minimum Gasteiger partial charge on any atom is -0.392 e. The van der Waals surface area contributed by atoms with E-state index < -0.39 is 0 Å². The van der Waals surface area contributed by atoms with Gasteiger partial charge in [0.15, 0.2) is 0 Å². The highest BCUT2D eigenvalue weighted by Crippen LogP contribution is 2.28. The van der Waals surface area contributed by atoms with E-state index >= 15 is 0 Å². The Morgan fingerprint density at radius 1 is 1.17 bits per heavy atom. The van der Waals surface area contributed by atoms with Crippen molar-refractivity contribution in [1.29, 1.82) is 0 Å². The lowest BCUT2D eigenvalue weighted by atomic mass is 9.85. The fourth-order valence-electron chi connectivity index (χ4n) is 3.80. The topological polar surface area (TPSA) is 26.7 Å². The average molecular weight is 254 g/mol. The number of aliphatic hydroxyl groups excluding tert-OH is 1. The van der Waals surface area contributed by atoms with E-state index in [0.29, 0.717) is 12.0 Å². The van der Waals surface area contributed by atoms with E-state index in [0.717, 1.165) is 25.6 Å². The number of nitrogens with zero attached hydrogens (tertiary/aromatic N) is 2. The molecule has 3 atom stereocenters. The van der Waals surface area contributed by atoms with Gasteiger partial charge < -0.3 is 10.0 Å². The van der Waals surface area contributed by atoms with Crippen LogP contribution >= 0.6 is 0 Å². The molecule has 3 nitrogen and oxygen atoms in total. The summed E-state index contributed by atoms with van der Waals surface area (Å²) in [6.45, 7) is 5.49. The van der Waals surface area contributed by atoms with Gasteiger partial charge in [-0.1, -0.05) is 26.2 Å². The number of likely N-dealkylation sites (tertiary alicyclic amines) is 1. The van der Waals surface area contributed by atoms with Crippen LogP contribution in [0, 0.1) is 11.8 Å². The van der Waals surface area contributed by atoms with Crippen molar-refractivity contribution in [3.8, 4) is 0 Å². The summed E-state index contributed by atoms with van der Waals surface area (Å²) in [6, 6.07) is 0.656. The van der Waals surface area contributed by atoms with Crippen molar-refractivity contribution >= 4 is 0 Å². The molecule has 106 valence electrons. The first-order chi connectivity index (χ1) is 8.58. The quantitative estimate of drug-likeness (QED) is 0.829. The van der Waals surface area contributed by atoms with Gasteiger partial charge in [-0.25, -0.2) is 0 Å². The highest BCUT2D eigenvalue weighted by Gasteiger charge is 2.33. The van der Waals surface area contributed by atoms with E-state index in [-0.39, 0.29) is 6.10 Å². The third-order valence-corrected chi connectivity index (χ3v) is 4.95. The van der Waals surface area contributed by atoms with Gasteiger partial charge in [0, 0.05) is 25.7 Å². The van der Waals surface area contributed by atoms with Gasteiger partial charge in [0.25, 0.3) is 0 Å². The maximum atomic E-state index is 10.4. The van der Waals surface area contributed by atoms with Crippen molar-refractivity contribution in [2.45, 2.75) is 51.2 Å². The summed E-state index contributed by atoms with van der Waals surface area (Å²) in [7, 11) is 4.34. The summed E-state index contributed by atoms with van der Waals surface area (Å²) in [5.41, 5.74) is 0. The highest BCUT2D eigenvalue weighted by atomic mass is 16.3. The van der Waals surface area contributed by atoms with Crippen molar-refractivity contribution in [3.05, 3.63) is 0 Å². The third kappa shape index (κ3) is 3.46. The van der Waals surface area contributed by atoms with Gasteiger partial charge in [0.1, 0.15) is 0 Å². The van der Waals surface area contributed by atoms with Gasteiger partial charge in [0.2, 0.25) is 0 Å². The Bertz CT molecular complexity index is 251. The van der Waals surface area contributed by atoms with E-state index in [9.17, 15) is 5.11 Å². The summed E-state index contributed by atoms with van der Waals surface area (Å²) >= 11 is 0. The van der Waals surface area contributed by atoms with Crippen LogP contribution in [0.2, 0.25) is 0 Å². The Balaban J connectivity index is 1.79. The monoisotopic (exact) mass is 254 g/mol. The molecule has 1 aliphatic heterocycles. The van der Waals surface area contributed by atoms with Gasteiger partial charge in [-0.2, -0.15) is 0 Å². The van der Waals surface area contributed by atoms with Crippen LogP contribution in [0.3, 0.4) is 0 Å². The van der Waals surface area contributed by atoms with E-state index in [2.05, 4.69) is 30.8 Å². The van der Waals surface area contributed by atoms with Crippen molar-refractivity contribution in [3.63, 3.8) is 0 Å². The fourth-order valence-corrected chi connectivity index (χ4v) is 3.80.